The van der Waals surface area contributed by atoms with Gasteiger partial charge in [-0.1, -0.05) is 0 Å². The lowest BCUT2D eigenvalue weighted by Gasteiger charge is -2.09. The average molecular weight is 98.1 g/mol. The number of nitrogens with two attached hydrogens (primary N) is 1. The van der Waals surface area contributed by atoms with Gasteiger partial charge in [0, 0.05) is 13.6 Å². The average Bonchev–Trinajstić information content (AvgIpc) is 1.91. The largest absolute Gasteiger partial charge is 0.386 e. The molecule has 2 nitrogen and oxygen atoms in total. The first-order valence-electron chi connectivity index (χ1n) is 2.47. The summed E-state index contributed by atoms with van der Waals surface area (Å²) in [6, 6.07) is 0. The molecule has 0 bridgehead atoms. The fraction of sp³-hybridized carbons (Fsp3) is 0.600. The molecule has 1 heterocycles. The van der Waals surface area contributed by atoms with Crippen molar-refractivity contribution in [1.29, 1.82) is 0 Å². The first kappa shape index (κ1) is 4.50. The highest BCUT2D eigenvalue weighted by Crippen LogP contribution is 2.04. The highest BCUT2D eigenvalue weighted by atomic mass is 15.2. The van der Waals surface area contributed by atoms with Crippen molar-refractivity contribution < 1.29 is 0 Å². The van der Waals surface area contributed by atoms with Gasteiger partial charge in [0.05, 0.1) is 5.82 Å². The molecule has 0 aromatic heterocycles. The van der Waals surface area contributed by atoms with Gasteiger partial charge in [0.1, 0.15) is 0 Å². The fourth-order valence-electron chi connectivity index (χ4n) is 0.691. The van der Waals surface area contributed by atoms with Gasteiger partial charge in [-0.05, 0) is 12.5 Å². The van der Waals surface area contributed by atoms with Crippen molar-refractivity contribution in [2.75, 3.05) is 13.6 Å². The molecule has 0 fully saturated rings. The van der Waals surface area contributed by atoms with Crippen molar-refractivity contribution in [3.8, 4) is 0 Å². The Morgan fingerprint density at radius 2 is 2.57 bits per heavy atom. The maximum Gasteiger partial charge on any atom is 0.0943 e. The molecular weight excluding hydrogens is 88.1 g/mol. The molecule has 0 unspecified atom stereocenters. The zero-order chi connectivity index (χ0) is 5.28. The Morgan fingerprint density at radius 1 is 1.86 bits per heavy atom. The van der Waals surface area contributed by atoms with E-state index in [0.29, 0.717) is 0 Å². The molecule has 1 aliphatic rings. The standard InChI is InChI=1S/C5H10N2/c1-7-4-2-3-5(7)6/h3H,2,4,6H2,1H3. The van der Waals surface area contributed by atoms with E-state index < -0.39 is 0 Å². The zero-order valence-corrected chi connectivity index (χ0v) is 4.52. The Balaban J connectivity index is 2.54. The Bertz CT molecular complexity index is 96.3. The Labute approximate surface area is 43.6 Å². The van der Waals surface area contributed by atoms with Gasteiger partial charge in [0.15, 0.2) is 0 Å². The van der Waals surface area contributed by atoms with Crippen LogP contribution in [0.5, 0.6) is 0 Å². The minimum absolute atomic E-state index is 0.917. The van der Waals surface area contributed by atoms with E-state index in [2.05, 4.69) is 0 Å². The third-order valence-electron chi connectivity index (χ3n) is 1.26. The highest BCUT2D eigenvalue weighted by Gasteiger charge is 2.03. The van der Waals surface area contributed by atoms with Crippen LogP contribution in [0.4, 0.5) is 0 Å². The Morgan fingerprint density at radius 3 is 2.71 bits per heavy atom. The molecule has 0 atom stereocenters. The van der Waals surface area contributed by atoms with Gasteiger partial charge in [-0.3, -0.25) is 0 Å². The second-order valence-corrected chi connectivity index (χ2v) is 1.84. The van der Waals surface area contributed by atoms with Crippen LogP contribution in [0, 0.1) is 0 Å². The molecule has 0 amide bonds. The molecule has 2 N–H and O–H groups in total. The zero-order valence-electron chi connectivity index (χ0n) is 4.52. The van der Waals surface area contributed by atoms with Gasteiger partial charge in [0.25, 0.3) is 0 Å². The number of hydrogen-bond acceptors (Lipinski definition) is 2. The summed E-state index contributed by atoms with van der Waals surface area (Å²) in [5.74, 6) is 0.917. The predicted octanol–water partition coefficient (Wildman–Crippen LogP) is 0.122. The summed E-state index contributed by atoms with van der Waals surface area (Å²) in [5.41, 5.74) is 5.47. The van der Waals surface area contributed by atoms with E-state index in [1.54, 1.807) is 0 Å². The summed E-state index contributed by atoms with van der Waals surface area (Å²) in [7, 11) is 2.00. The molecule has 40 valence electrons. The first-order chi connectivity index (χ1) is 3.30. The van der Waals surface area contributed by atoms with E-state index in [1.807, 2.05) is 18.0 Å². The fourth-order valence-corrected chi connectivity index (χ4v) is 0.691. The van der Waals surface area contributed by atoms with E-state index in [9.17, 15) is 0 Å². The van der Waals surface area contributed by atoms with Crippen molar-refractivity contribution in [2.45, 2.75) is 6.42 Å². The quantitative estimate of drug-likeness (QED) is 0.466. The van der Waals surface area contributed by atoms with Gasteiger partial charge >= 0.3 is 0 Å². The lowest BCUT2D eigenvalue weighted by atomic mass is 10.5. The second kappa shape index (κ2) is 1.45. The van der Waals surface area contributed by atoms with Crippen LogP contribution < -0.4 is 5.73 Å². The van der Waals surface area contributed by atoms with E-state index >= 15 is 0 Å². The summed E-state index contributed by atoms with van der Waals surface area (Å²) >= 11 is 0. The molecular formula is C5H10N2. The van der Waals surface area contributed by atoms with Crippen molar-refractivity contribution in [1.82, 2.24) is 4.90 Å². The normalized spacial score (nSPS) is 20.1. The van der Waals surface area contributed by atoms with E-state index in [-0.39, 0.29) is 0 Å². The van der Waals surface area contributed by atoms with Gasteiger partial charge in [-0.25, -0.2) is 0 Å². The number of rotatable bonds is 0. The summed E-state index contributed by atoms with van der Waals surface area (Å²) in [5, 5.41) is 0. The topological polar surface area (TPSA) is 29.3 Å². The second-order valence-electron chi connectivity index (χ2n) is 1.84. The molecule has 1 aliphatic heterocycles. The van der Waals surface area contributed by atoms with Crippen LogP contribution in [-0.4, -0.2) is 18.5 Å². The molecule has 0 radical (unpaired) electrons. The van der Waals surface area contributed by atoms with E-state index in [1.165, 1.54) is 0 Å². The summed E-state index contributed by atoms with van der Waals surface area (Å²) in [6.45, 7) is 1.09. The van der Waals surface area contributed by atoms with Crippen LogP contribution in [0.25, 0.3) is 0 Å². The maximum absolute atomic E-state index is 5.47. The van der Waals surface area contributed by atoms with Crippen molar-refractivity contribution in [3.05, 3.63) is 11.9 Å². The van der Waals surface area contributed by atoms with Crippen LogP contribution in [0.2, 0.25) is 0 Å². The van der Waals surface area contributed by atoms with Gasteiger partial charge < -0.3 is 10.6 Å². The smallest absolute Gasteiger partial charge is 0.0943 e. The summed E-state index contributed by atoms with van der Waals surface area (Å²) < 4.78 is 0. The molecule has 0 aliphatic carbocycles. The third kappa shape index (κ3) is 0.683. The molecule has 0 aromatic carbocycles. The van der Waals surface area contributed by atoms with Crippen LogP contribution in [0.15, 0.2) is 11.9 Å². The van der Waals surface area contributed by atoms with Gasteiger partial charge in [0.2, 0.25) is 0 Å². The van der Waals surface area contributed by atoms with Crippen molar-refractivity contribution >= 4 is 0 Å². The first-order valence-corrected chi connectivity index (χ1v) is 2.47. The van der Waals surface area contributed by atoms with Gasteiger partial charge in [-0.15, -0.1) is 0 Å². The van der Waals surface area contributed by atoms with Crippen LogP contribution in [-0.2, 0) is 0 Å². The van der Waals surface area contributed by atoms with E-state index in [4.69, 9.17) is 5.73 Å². The van der Waals surface area contributed by atoms with Crippen LogP contribution in [0.3, 0.4) is 0 Å². The third-order valence-corrected chi connectivity index (χ3v) is 1.26. The van der Waals surface area contributed by atoms with Crippen LogP contribution in [0.1, 0.15) is 6.42 Å². The molecule has 1 rings (SSSR count). The van der Waals surface area contributed by atoms with Gasteiger partial charge in [-0.2, -0.15) is 0 Å². The monoisotopic (exact) mass is 98.1 g/mol. The summed E-state index contributed by atoms with van der Waals surface area (Å²) in [6.07, 6.45) is 3.16. The molecule has 0 spiro atoms. The molecule has 0 aromatic rings. The number of nitrogens with zero attached hydrogens (tertiary/aromatic N) is 1. The highest BCUT2D eigenvalue weighted by molar-refractivity contribution is 5.00. The molecule has 7 heavy (non-hydrogen) atoms. The SMILES string of the molecule is CN1CCC=C1N. The summed E-state index contributed by atoms with van der Waals surface area (Å²) in [4.78, 5) is 2.04. The minimum atomic E-state index is 0.917. The predicted molar refractivity (Wildman–Crippen MR) is 29.5 cm³/mol. The maximum atomic E-state index is 5.47. The van der Waals surface area contributed by atoms with E-state index in [0.717, 1.165) is 18.8 Å². The minimum Gasteiger partial charge on any atom is -0.386 e. The molecule has 2 heteroatoms. The Hall–Kier alpha value is -0.660. The van der Waals surface area contributed by atoms with Crippen molar-refractivity contribution in [3.63, 3.8) is 0 Å². The van der Waals surface area contributed by atoms with Crippen molar-refractivity contribution in [2.24, 2.45) is 5.73 Å². The lowest BCUT2D eigenvalue weighted by Crippen LogP contribution is -2.18. The molecule has 0 saturated carbocycles. The Kier molecular flexibility index (Phi) is 0.929. The molecule has 0 saturated heterocycles. The lowest BCUT2D eigenvalue weighted by molar-refractivity contribution is 0.454. The number of hydrogen-bond donors (Lipinski definition) is 1. The van der Waals surface area contributed by atoms with Crippen LogP contribution >= 0.6 is 0 Å².